The Kier molecular flexibility index (Phi) is 7.24. The standard InChI is InChI=1S/C24H30N2O4/c1-17(10-11-18-12-14-20(15-13-18)22(27)25(2)3)26-16-21(19-8-6-5-7-9-19)30-23(26)24(28)29-4/h5-9,12-15,17,21,23H,10-11,16H2,1-4H3/t17?,21-,23-/m1/s1. The van der Waals surface area contributed by atoms with E-state index in [0.717, 1.165) is 24.0 Å². The minimum absolute atomic E-state index is 0.00277. The van der Waals surface area contributed by atoms with Gasteiger partial charge in [-0.25, -0.2) is 4.79 Å². The van der Waals surface area contributed by atoms with Gasteiger partial charge in [0.05, 0.1) is 13.2 Å². The Morgan fingerprint density at radius 3 is 2.40 bits per heavy atom. The molecule has 160 valence electrons. The molecule has 1 unspecified atom stereocenters. The van der Waals surface area contributed by atoms with Crippen LogP contribution in [0.25, 0.3) is 0 Å². The number of methoxy groups -OCH3 is 1. The molecule has 6 nitrogen and oxygen atoms in total. The number of esters is 1. The topological polar surface area (TPSA) is 59.1 Å². The molecule has 1 saturated heterocycles. The van der Waals surface area contributed by atoms with Crippen LogP contribution in [0.3, 0.4) is 0 Å². The molecule has 0 aromatic heterocycles. The van der Waals surface area contributed by atoms with E-state index in [2.05, 4.69) is 11.8 Å². The van der Waals surface area contributed by atoms with Gasteiger partial charge < -0.3 is 14.4 Å². The first kappa shape index (κ1) is 22.0. The number of carbonyl (C=O) groups is 2. The zero-order valence-electron chi connectivity index (χ0n) is 18.1. The molecule has 0 saturated carbocycles. The molecule has 1 fully saturated rings. The lowest BCUT2D eigenvalue weighted by molar-refractivity contribution is -0.162. The lowest BCUT2D eigenvalue weighted by Crippen LogP contribution is -2.43. The third-order valence-electron chi connectivity index (χ3n) is 5.57. The molecule has 0 bridgehead atoms. The third kappa shape index (κ3) is 5.07. The van der Waals surface area contributed by atoms with Crippen molar-refractivity contribution in [2.24, 2.45) is 0 Å². The summed E-state index contributed by atoms with van der Waals surface area (Å²) in [4.78, 5) is 28.0. The Morgan fingerprint density at radius 1 is 1.13 bits per heavy atom. The fraction of sp³-hybridized carbons (Fsp3) is 0.417. The summed E-state index contributed by atoms with van der Waals surface area (Å²) in [5.41, 5.74) is 2.90. The molecule has 3 rings (SSSR count). The van der Waals surface area contributed by atoms with E-state index in [1.807, 2.05) is 54.6 Å². The SMILES string of the molecule is COC(=O)[C@H]1O[C@@H](c2ccccc2)CN1C(C)CCc1ccc(C(=O)N(C)C)cc1. The first-order valence-corrected chi connectivity index (χ1v) is 10.2. The third-order valence-corrected chi connectivity index (χ3v) is 5.57. The van der Waals surface area contributed by atoms with Crippen molar-refractivity contribution in [2.75, 3.05) is 27.7 Å². The summed E-state index contributed by atoms with van der Waals surface area (Å²) in [7, 11) is 4.88. The van der Waals surface area contributed by atoms with Gasteiger partial charge in [0.1, 0.15) is 0 Å². The molecule has 0 spiro atoms. The summed E-state index contributed by atoms with van der Waals surface area (Å²) < 4.78 is 11.0. The van der Waals surface area contributed by atoms with Crippen molar-refractivity contribution in [3.8, 4) is 0 Å². The molecule has 0 aliphatic carbocycles. The molecule has 0 N–H and O–H groups in total. The summed E-state index contributed by atoms with van der Waals surface area (Å²) >= 11 is 0. The van der Waals surface area contributed by atoms with E-state index in [4.69, 9.17) is 9.47 Å². The van der Waals surface area contributed by atoms with Crippen molar-refractivity contribution in [1.82, 2.24) is 9.80 Å². The summed E-state index contributed by atoms with van der Waals surface area (Å²) in [6.07, 6.45) is 0.849. The van der Waals surface area contributed by atoms with Gasteiger partial charge in [0, 0.05) is 32.2 Å². The van der Waals surface area contributed by atoms with Crippen LogP contribution < -0.4 is 0 Å². The van der Waals surface area contributed by atoms with Gasteiger partial charge in [-0.05, 0) is 43.0 Å². The second-order valence-electron chi connectivity index (χ2n) is 7.89. The van der Waals surface area contributed by atoms with E-state index in [1.54, 1.807) is 19.0 Å². The van der Waals surface area contributed by atoms with Crippen molar-refractivity contribution >= 4 is 11.9 Å². The van der Waals surface area contributed by atoms with E-state index in [-0.39, 0.29) is 24.0 Å². The minimum atomic E-state index is -0.699. The van der Waals surface area contributed by atoms with Gasteiger partial charge in [0.25, 0.3) is 5.91 Å². The van der Waals surface area contributed by atoms with Crippen LogP contribution in [-0.2, 0) is 20.7 Å². The Bertz CT molecular complexity index is 851. The molecule has 1 aliphatic rings. The first-order chi connectivity index (χ1) is 14.4. The highest BCUT2D eigenvalue weighted by atomic mass is 16.6. The monoisotopic (exact) mass is 410 g/mol. The average Bonchev–Trinajstić information content (AvgIpc) is 3.23. The highest BCUT2D eigenvalue weighted by Crippen LogP contribution is 2.31. The number of benzene rings is 2. The fourth-order valence-corrected chi connectivity index (χ4v) is 3.73. The van der Waals surface area contributed by atoms with Crippen molar-refractivity contribution in [3.63, 3.8) is 0 Å². The Balaban J connectivity index is 1.64. The van der Waals surface area contributed by atoms with Gasteiger partial charge in [0.15, 0.2) is 0 Å². The van der Waals surface area contributed by atoms with Crippen LogP contribution in [0.15, 0.2) is 54.6 Å². The van der Waals surface area contributed by atoms with Crippen LogP contribution in [0.1, 0.15) is 40.9 Å². The lowest BCUT2D eigenvalue weighted by Gasteiger charge is -2.27. The van der Waals surface area contributed by atoms with Gasteiger partial charge in [-0.2, -0.15) is 0 Å². The second kappa shape index (κ2) is 9.87. The molecule has 6 heteroatoms. The molecule has 1 amide bonds. The molecule has 2 aromatic rings. The van der Waals surface area contributed by atoms with E-state index in [0.29, 0.717) is 12.1 Å². The van der Waals surface area contributed by atoms with Crippen molar-refractivity contribution in [2.45, 2.75) is 38.1 Å². The lowest BCUT2D eigenvalue weighted by atomic mass is 10.0. The maximum Gasteiger partial charge on any atom is 0.350 e. The van der Waals surface area contributed by atoms with Crippen molar-refractivity contribution in [3.05, 3.63) is 71.3 Å². The summed E-state index contributed by atoms with van der Waals surface area (Å²) in [5, 5.41) is 0. The highest BCUT2D eigenvalue weighted by molar-refractivity contribution is 5.93. The Labute approximate surface area is 178 Å². The Morgan fingerprint density at radius 2 is 1.80 bits per heavy atom. The van der Waals surface area contributed by atoms with Crippen LogP contribution in [0.5, 0.6) is 0 Å². The van der Waals surface area contributed by atoms with Gasteiger partial charge in [0.2, 0.25) is 6.23 Å². The fourth-order valence-electron chi connectivity index (χ4n) is 3.73. The van der Waals surface area contributed by atoms with Gasteiger partial charge in [-0.1, -0.05) is 42.5 Å². The van der Waals surface area contributed by atoms with Crippen LogP contribution in [0.2, 0.25) is 0 Å². The molecule has 0 radical (unpaired) electrons. The van der Waals surface area contributed by atoms with Gasteiger partial charge >= 0.3 is 5.97 Å². The highest BCUT2D eigenvalue weighted by Gasteiger charge is 2.41. The first-order valence-electron chi connectivity index (χ1n) is 10.2. The van der Waals surface area contributed by atoms with Gasteiger partial charge in [-0.3, -0.25) is 9.69 Å². The van der Waals surface area contributed by atoms with Crippen LogP contribution in [0.4, 0.5) is 0 Å². The maximum absolute atomic E-state index is 12.3. The summed E-state index contributed by atoms with van der Waals surface area (Å²) in [5.74, 6) is -0.371. The predicted molar refractivity (Wildman–Crippen MR) is 115 cm³/mol. The smallest absolute Gasteiger partial charge is 0.350 e. The number of nitrogens with zero attached hydrogens (tertiary/aromatic N) is 2. The molecule has 3 atom stereocenters. The number of amides is 1. The van der Waals surface area contributed by atoms with E-state index < -0.39 is 6.23 Å². The largest absolute Gasteiger partial charge is 0.466 e. The quantitative estimate of drug-likeness (QED) is 0.656. The predicted octanol–water partition coefficient (Wildman–Crippen LogP) is 3.28. The van der Waals surface area contributed by atoms with Crippen LogP contribution in [0, 0.1) is 0 Å². The average molecular weight is 411 g/mol. The normalized spacial score (nSPS) is 20.0. The molecule has 1 heterocycles. The number of hydrogen-bond donors (Lipinski definition) is 0. The van der Waals surface area contributed by atoms with Crippen molar-refractivity contribution in [1.29, 1.82) is 0 Å². The van der Waals surface area contributed by atoms with E-state index in [9.17, 15) is 9.59 Å². The summed E-state index contributed by atoms with van der Waals surface area (Å²) in [6, 6.07) is 17.8. The number of rotatable bonds is 7. The molecular formula is C24H30N2O4. The number of ether oxygens (including phenoxy) is 2. The molecule has 30 heavy (non-hydrogen) atoms. The Hall–Kier alpha value is -2.70. The minimum Gasteiger partial charge on any atom is -0.466 e. The van der Waals surface area contributed by atoms with E-state index >= 15 is 0 Å². The zero-order chi connectivity index (χ0) is 21.7. The van der Waals surface area contributed by atoms with E-state index in [1.165, 1.54) is 7.11 Å². The van der Waals surface area contributed by atoms with Crippen molar-refractivity contribution < 1.29 is 19.1 Å². The molecule has 2 aromatic carbocycles. The number of hydrogen-bond acceptors (Lipinski definition) is 5. The maximum atomic E-state index is 12.3. The number of aryl methyl sites for hydroxylation is 1. The number of carbonyl (C=O) groups excluding carboxylic acids is 2. The van der Waals surface area contributed by atoms with Crippen LogP contribution in [-0.4, -0.2) is 61.7 Å². The van der Waals surface area contributed by atoms with Crippen LogP contribution >= 0.6 is 0 Å². The molecule has 1 aliphatic heterocycles. The van der Waals surface area contributed by atoms with Gasteiger partial charge in [-0.15, -0.1) is 0 Å². The second-order valence-corrected chi connectivity index (χ2v) is 7.89. The zero-order valence-corrected chi connectivity index (χ0v) is 18.1. The summed E-state index contributed by atoms with van der Waals surface area (Å²) in [6.45, 7) is 2.75. The molecular weight excluding hydrogens is 380 g/mol.